The van der Waals surface area contributed by atoms with Gasteiger partial charge in [0.1, 0.15) is 0 Å². The summed E-state index contributed by atoms with van der Waals surface area (Å²) in [7, 11) is 1.51. The number of methoxy groups -OCH3 is 1. The van der Waals surface area contributed by atoms with Crippen molar-refractivity contribution in [3.05, 3.63) is 22.8 Å². The average molecular weight is 316 g/mol. The van der Waals surface area contributed by atoms with E-state index in [1.54, 1.807) is 5.57 Å². The van der Waals surface area contributed by atoms with Gasteiger partial charge in [-0.1, -0.05) is 33.3 Å². The first-order valence-electron chi connectivity index (χ1n) is 9.46. The number of esters is 1. The van der Waals surface area contributed by atoms with Crippen molar-refractivity contribution in [2.45, 2.75) is 59.8 Å². The Morgan fingerprint density at radius 3 is 2.57 bits per heavy atom. The summed E-state index contributed by atoms with van der Waals surface area (Å²) >= 11 is 0. The molecule has 0 unspecified atom stereocenters. The molecule has 0 saturated heterocycles. The van der Waals surface area contributed by atoms with Crippen LogP contribution in [0.25, 0.3) is 0 Å². The van der Waals surface area contributed by atoms with Crippen molar-refractivity contribution < 1.29 is 9.53 Å². The Hall–Kier alpha value is -1.05. The van der Waals surface area contributed by atoms with Crippen LogP contribution in [0.4, 0.5) is 0 Å². The van der Waals surface area contributed by atoms with E-state index in [2.05, 4.69) is 33.8 Å². The Morgan fingerprint density at radius 1 is 1.17 bits per heavy atom. The van der Waals surface area contributed by atoms with E-state index in [1.165, 1.54) is 38.4 Å². The van der Waals surface area contributed by atoms with Gasteiger partial charge in [-0.05, 0) is 79.3 Å². The Balaban J connectivity index is 2.14. The van der Waals surface area contributed by atoms with Gasteiger partial charge in [0, 0.05) is 5.57 Å². The second-order valence-corrected chi connectivity index (χ2v) is 8.43. The maximum atomic E-state index is 12.2. The molecule has 3 aliphatic carbocycles. The van der Waals surface area contributed by atoms with E-state index in [-0.39, 0.29) is 5.97 Å². The number of ether oxygens (including phenoxy) is 1. The molecule has 128 valence electrons. The molecule has 2 heteroatoms. The maximum absolute atomic E-state index is 12.2. The zero-order valence-corrected chi connectivity index (χ0v) is 15.4. The molecule has 0 amide bonds. The molecule has 0 heterocycles. The third-order valence-corrected chi connectivity index (χ3v) is 6.80. The van der Waals surface area contributed by atoms with Crippen LogP contribution < -0.4 is 0 Å². The van der Waals surface area contributed by atoms with Gasteiger partial charge in [-0.25, -0.2) is 4.79 Å². The van der Waals surface area contributed by atoms with Crippen LogP contribution in [0.2, 0.25) is 0 Å². The van der Waals surface area contributed by atoms with Crippen molar-refractivity contribution in [1.29, 1.82) is 0 Å². The largest absolute Gasteiger partial charge is 0.466 e. The lowest BCUT2D eigenvalue weighted by molar-refractivity contribution is -0.136. The molecule has 23 heavy (non-hydrogen) atoms. The molecule has 4 bridgehead atoms. The number of rotatable bonds is 2. The highest BCUT2D eigenvalue weighted by molar-refractivity contribution is 5.89. The Labute approximate surface area is 141 Å². The predicted molar refractivity (Wildman–Crippen MR) is 93.8 cm³/mol. The van der Waals surface area contributed by atoms with E-state index < -0.39 is 0 Å². The van der Waals surface area contributed by atoms with E-state index in [0.717, 1.165) is 23.8 Å². The third-order valence-electron chi connectivity index (χ3n) is 6.80. The molecule has 3 rings (SSSR count). The molecule has 2 nitrogen and oxygen atoms in total. The van der Waals surface area contributed by atoms with Crippen molar-refractivity contribution in [2.75, 3.05) is 7.11 Å². The monoisotopic (exact) mass is 316 g/mol. The molecule has 0 radical (unpaired) electrons. The zero-order chi connectivity index (χ0) is 16.7. The van der Waals surface area contributed by atoms with Crippen molar-refractivity contribution in [3.8, 4) is 0 Å². The van der Waals surface area contributed by atoms with Gasteiger partial charge in [0.25, 0.3) is 0 Å². The fraction of sp³-hybridized carbons (Fsp3) is 0.762. The Kier molecular flexibility index (Phi) is 4.71. The van der Waals surface area contributed by atoms with Gasteiger partial charge in [0.2, 0.25) is 0 Å². The van der Waals surface area contributed by atoms with Crippen LogP contribution in [0.15, 0.2) is 22.8 Å². The van der Waals surface area contributed by atoms with E-state index >= 15 is 0 Å². The summed E-state index contributed by atoms with van der Waals surface area (Å²) < 4.78 is 5.07. The molecule has 0 spiro atoms. The van der Waals surface area contributed by atoms with Gasteiger partial charge in [-0.15, -0.1) is 0 Å². The van der Waals surface area contributed by atoms with Gasteiger partial charge in [-0.3, -0.25) is 0 Å². The molecular formula is C21H32O2. The summed E-state index contributed by atoms with van der Waals surface area (Å²) in [6.45, 7) is 9.52. The van der Waals surface area contributed by atoms with Gasteiger partial charge in [0.05, 0.1) is 7.11 Å². The molecule has 1 saturated carbocycles. The van der Waals surface area contributed by atoms with Crippen molar-refractivity contribution >= 4 is 5.97 Å². The van der Waals surface area contributed by atoms with E-state index in [0.29, 0.717) is 23.7 Å². The first-order chi connectivity index (χ1) is 10.9. The van der Waals surface area contributed by atoms with Gasteiger partial charge < -0.3 is 4.74 Å². The highest BCUT2D eigenvalue weighted by Crippen LogP contribution is 2.53. The highest BCUT2D eigenvalue weighted by Gasteiger charge is 2.43. The fourth-order valence-corrected chi connectivity index (χ4v) is 5.50. The summed E-state index contributed by atoms with van der Waals surface area (Å²) in [6, 6.07) is 0. The topological polar surface area (TPSA) is 26.3 Å². The number of carbonyl (C=O) groups excluding carboxylic acids is 1. The first kappa shape index (κ1) is 16.8. The smallest absolute Gasteiger partial charge is 0.333 e. The predicted octanol–water partition coefficient (Wildman–Crippen LogP) is 5.15. The van der Waals surface area contributed by atoms with Crippen LogP contribution in [0.3, 0.4) is 0 Å². The number of hydrogen-bond acceptors (Lipinski definition) is 2. The van der Waals surface area contributed by atoms with Crippen LogP contribution in [0.1, 0.15) is 59.8 Å². The first-order valence-corrected chi connectivity index (χ1v) is 9.46. The molecule has 0 aromatic rings. The number of carbonyl (C=O) groups is 1. The summed E-state index contributed by atoms with van der Waals surface area (Å²) in [5, 5.41) is 0. The van der Waals surface area contributed by atoms with Crippen LogP contribution in [0, 0.1) is 35.5 Å². The average Bonchev–Trinajstić information content (AvgIpc) is 2.53. The lowest BCUT2D eigenvalue weighted by Gasteiger charge is -2.47. The van der Waals surface area contributed by atoms with Crippen molar-refractivity contribution in [1.82, 2.24) is 0 Å². The summed E-state index contributed by atoms with van der Waals surface area (Å²) in [6.07, 6.45) is 8.35. The van der Waals surface area contributed by atoms with Crippen LogP contribution >= 0.6 is 0 Å². The lowest BCUT2D eigenvalue weighted by atomic mass is 9.57. The van der Waals surface area contributed by atoms with Crippen LogP contribution in [-0.4, -0.2) is 13.1 Å². The maximum Gasteiger partial charge on any atom is 0.333 e. The van der Waals surface area contributed by atoms with Gasteiger partial charge in [0.15, 0.2) is 0 Å². The normalized spacial score (nSPS) is 37.1. The van der Waals surface area contributed by atoms with Gasteiger partial charge >= 0.3 is 5.97 Å². The minimum absolute atomic E-state index is 0.116. The van der Waals surface area contributed by atoms with E-state index in [1.807, 2.05) is 0 Å². The van der Waals surface area contributed by atoms with E-state index in [9.17, 15) is 4.79 Å². The molecule has 0 N–H and O–H groups in total. The number of hydrogen-bond donors (Lipinski definition) is 0. The second-order valence-electron chi connectivity index (χ2n) is 8.43. The van der Waals surface area contributed by atoms with Gasteiger partial charge in [-0.2, -0.15) is 0 Å². The Bertz CT molecular complexity index is 540. The molecule has 5 atom stereocenters. The second kappa shape index (κ2) is 6.45. The molecule has 0 aromatic heterocycles. The third kappa shape index (κ3) is 2.90. The van der Waals surface area contributed by atoms with E-state index in [4.69, 9.17) is 4.74 Å². The molecular weight excluding hydrogens is 284 g/mol. The van der Waals surface area contributed by atoms with Crippen molar-refractivity contribution in [2.24, 2.45) is 35.5 Å². The zero-order valence-electron chi connectivity index (χ0n) is 15.4. The quantitative estimate of drug-likeness (QED) is 0.658. The highest BCUT2D eigenvalue weighted by atomic mass is 16.5. The molecule has 1 fully saturated rings. The Morgan fingerprint density at radius 2 is 1.91 bits per heavy atom. The lowest BCUT2D eigenvalue weighted by Crippen LogP contribution is -2.38. The fourth-order valence-electron chi connectivity index (χ4n) is 5.50. The SMILES string of the molecule is COC(=O)C1=CC2=C3[C@@H](C)CC[C@@H]([C@H](C)CC[C@@H]2C(C)C)[C@H]3C1. The summed E-state index contributed by atoms with van der Waals surface area (Å²) in [5.74, 6) is 3.87. The minimum atomic E-state index is -0.116. The standard InChI is InChI=1S/C21H32O2/c1-12(2)16-8-6-13(3)17-9-7-14(4)20-18(16)10-15(11-19(17)20)21(22)23-5/h10,12-14,16-17,19H,6-9,11H2,1-5H3/t13-,14+,16-,17+,19-/m1/s1. The van der Waals surface area contributed by atoms with Crippen molar-refractivity contribution in [3.63, 3.8) is 0 Å². The molecule has 3 aliphatic rings. The molecule has 0 aliphatic heterocycles. The van der Waals surface area contributed by atoms with Crippen LogP contribution in [0.5, 0.6) is 0 Å². The summed E-state index contributed by atoms with van der Waals surface area (Å²) in [5.41, 5.74) is 4.11. The van der Waals surface area contributed by atoms with Crippen LogP contribution in [-0.2, 0) is 9.53 Å². The number of allylic oxidation sites excluding steroid dienone is 3. The molecule has 0 aromatic carbocycles. The minimum Gasteiger partial charge on any atom is -0.466 e. The summed E-state index contributed by atoms with van der Waals surface area (Å²) in [4.78, 5) is 12.2.